The third kappa shape index (κ3) is 3.10. The fourth-order valence-corrected chi connectivity index (χ4v) is 3.99. The molecule has 2 aromatic carbocycles. The van der Waals surface area contributed by atoms with Gasteiger partial charge in [-0.15, -0.1) is 0 Å². The van der Waals surface area contributed by atoms with E-state index in [0.717, 1.165) is 49.3 Å². The zero-order chi connectivity index (χ0) is 18.1. The minimum Gasteiger partial charge on any atom is -0.366 e. The first kappa shape index (κ1) is 16.8. The van der Waals surface area contributed by atoms with Crippen LogP contribution in [0.5, 0.6) is 0 Å². The molecule has 4 rings (SSSR count). The maximum absolute atomic E-state index is 11.7. The number of para-hydroxylation sites is 1. The summed E-state index contributed by atoms with van der Waals surface area (Å²) in [4.78, 5) is 19.0. The predicted molar refractivity (Wildman–Crippen MR) is 103 cm³/mol. The highest BCUT2D eigenvalue weighted by Crippen LogP contribution is 2.31. The van der Waals surface area contributed by atoms with Crippen molar-refractivity contribution in [1.82, 2.24) is 14.5 Å². The van der Waals surface area contributed by atoms with Crippen LogP contribution in [-0.4, -0.2) is 33.4 Å². The Labute approximate surface area is 153 Å². The summed E-state index contributed by atoms with van der Waals surface area (Å²) < 4.78 is 2.12. The van der Waals surface area contributed by atoms with E-state index in [0.29, 0.717) is 11.5 Å². The summed E-state index contributed by atoms with van der Waals surface area (Å²) in [6.07, 6.45) is 2.16. The zero-order valence-electron chi connectivity index (χ0n) is 15.1. The van der Waals surface area contributed by atoms with Gasteiger partial charge in [0.15, 0.2) is 0 Å². The van der Waals surface area contributed by atoms with E-state index in [-0.39, 0.29) is 0 Å². The average molecular weight is 348 g/mol. The minimum absolute atomic E-state index is 0.417. The number of likely N-dealkylation sites (tertiary alicyclic amines) is 1. The number of piperidine rings is 1. The monoisotopic (exact) mass is 348 g/mol. The third-order valence-corrected chi connectivity index (χ3v) is 5.41. The van der Waals surface area contributed by atoms with Crippen molar-refractivity contribution in [3.8, 4) is 0 Å². The van der Waals surface area contributed by atoms with E-state index >= 15 is 0 Å². The number of amides is 1. The molecule has 2 N–H and O–H groups in total. The Kier molecular flexibility index (Phi) is 4.47. The van der Waals surface area contributed by atoms with Gasteiger partial charge in [-0.3, -0.25) is 9.69 Å². The lowest BCUT2D eigenvalue weighted by Crippen LogP contribution is -2.33. The van der Waals surface area contributed by atoms with E-state index in [1.165, 1.54) is 5.56 Å². The predicted octanol–water partition coefficient (Wildman–Crippen LogP) is 3.05. The molecule has 0 radical (unpaired) electrons. The topological polar surface area (TPSA) is 64.2 Å². The van der Waals surface area contributed by atoms with E-state index in [2.05, 4.69) is 39.8 Å². The number of fused-ring (bicyclic) bond motifs is 1. The van der Waals surface area contributed by atoms with Crippen LogP contribution in [-0.2, 0) is 13.6 Å². The van der Waals surface area contributed by atoms with Crippen molar-refractivity contribution in [3.05, 3.63) is 65.5 Å². The van der Waals surface area contributed by atoms with Gasteiger partial charge in [-0.25, -0.2) is 4.98 Å². The molecule has 0 bridgehead atoms. The van der Waals surface area contributed by atoms with Crippen molar-refractivity contribution in [2.24, 2.45) is 12.8 Å². The van der Waals surface area contributed by atoms with Crippen molar-refractivity contribution in [2.45, 2.75) is 25.3 Å². The second-order valence-electron chi connectivity index (χ2n) is 7.10. The van der Waals surface area contributed by atoms with Gasteiger partial charge in [0.1, 0.15) is 11.3 Å². The summed E-state index contributed by atoms with van der Waals surface area (Å²) in [5.41, 5.74) is 9.08. The summed E-state index contributed by atoms with van der Waals surface area (Å²) in [6, 6.07) is 16.2. The fourth-order valence-electron chi connectivity index (χ4n) is 3.99. The molecule has 3 aromatic rings. The van der Waals surface area contributed by atoms with Gasteiger partial charge in [0.05, 0.1) is 11.1 Å². The maximum atomic E-state index is 11.7. The zero-order valence-corrected chi connectivity index (χ0v) is 15.1. The Morgan fingerprint density at radius 1 is 1.12 bits per heavy atom. The molecular formula is C21H24N4O. The number of nitrogens with two attached hydrogens (primary N) is 1. The molecule has 1 saturated heterocycles. The molecule has 1 amide bonds. The van der Waals surface area contributed by atoms with Crippen LogP contribution in [0.3, 0.4) is 0 Å². The Bertz CT molecular complexity index is 924. The molecule has 0 spiro atoms. The van der Waals surface area contributed by atoms with E-state index in [9.17, 15) is 4.79 Å². The molecule has 1 aromatic heterocycles. The molecule has 0 aliphatic carbocycles. The SMILES string of the molecule is Cn1c(C2CCN(Cc3ccccc3)CC2)nc2c(C(N)=O)cccc21. The quantitative estimate of drug-likeness (QED) is 0.788. The third-order valence-electron chi connectivity index (χ3n) is 5.41. The summed E-state index contributed by atoms with van der Waals surface area (Å²) in [7, 11) is 2.03. The number of carbonyl (C=O) groups is 1. The highest BCUT2D eigenvalue weighted by molar-refractivity contribution is 6.04. The number of benzene rings is 2. The van der Waals surface area contributed by atoms with Gasteiger partial charge >= 0.3 is 0 Å². The number of imidazole rings is 1. The number of hydrogen-bond donors (Lipinski definition) is 1. The largest absolute Gasteiger partial charge is 0.366 e. The maximum Gasteiger partial charge on any atom is 0.250 e. The molecular weight excluding hydrogens is 324 g/mol. The second-order valence-corrected chi connectivity index (χ2v) is 7.10. The Morgan fingerprint density at radius 2 is 1.85 bits per heavy atom. The van der Waals surface area contributed by atoms with E-state index in [1.807, 2.05) is 19.2 Å². The van der Waals surface area contributed by atoms with Gasteiger partial charge in [0.2, 0.25) is 0 Å². The molecule has 1 aliphatic rings. The van der Waals surface area contributed by atoms with Crippen LogP contribution in [0.15, 0.2) is 48.5 Å². The van der Waals surface area contributed by atoms with Crippen LogP contribution in [0.2, 0.25) is 0 Å². The first-order valence-electron chi connectivity index (χ1n) is 9.15. The lowest BCUT2D eigenvalue weighted by molar-refractivity contribution is 0.100. The number of nitrogens with zero attached hydrogens (tertiary/aromatic N) is 3. The molecule has 0 unspecified atom stereocenters. The van der Waals surface area contributed by atoms with E-state index in [4.69, 9.17) is 10.7 Å². The fraction of sp³-hybridized carbons (Fsp3) is 0.333. The van der Waals surface area contributed by atoms with Crippen molar-refractivity contribution >= 4 is 16.9 Å². The normalized spacial score (nSPS) is 16.2. The Morgan fingerprint density at radius 3 is 2.54 bits per heavy atom. The Balaban J connectivity index is 1.52. The van der Waals surface area contributed by atoms with Gasteiger partial charge in [-0.05, 0) is 43.6 Å². The van der Waals surface area contributed by atoms with Gasteiger partial charge in [-0.2, -0.15) is 0 Å². The molecule has 0 saturated carbocycles. The second kappa shape index (κ2) is 6.92. The van der Waals surface area contributed by atoms with Gasteiger partial charge in [0.25, 0.3) is 5.91 Å². The van der Waals surface area contributed by atoms with Crippen LogP contribution in [0.4, 0.5) is 0 Å². The molecule has 26 heavy (non-hydrogen) atoms. The summed E-state index contributed by atoms with van der Waals surface area (Å²) in [5.74, 6) is 1.06. The van der Waals surface area contributed by atoms with Crippen LogP contribution in [0.25, 0.3) is 11.0 Å². The summed E-state index contributed by atoms with van der Waals surface area (Å²) in [5, 5.41) is 0. The van der Waals surface area contributed by atoms with Crippen LogP contribution in [0, 0.1) is 0 Å². The number of aryl methyl sites for hydroxylation is 1. The molecule has 0 atom stereocenters. The smallest absolute Gasteiger partial charge is 0.250 e. The molecule has 134 valence electrons. The molecule has 5 heteroatoms. The molecule has 5 nitrogen and oxygen atoms in total. The number of aromatic nitrogens is 2. The number of primary amides is 1. The highest BCUT2D eigenvalue weighted by Gasteiger charge is 2.25. The average Bonchev–Trinajstić information content (AvgIpc) is 3.00. The number of carbonyl (C=O) groups excluding carboxylic acids is 1. The van der Waals surface area contributed by atoms with Crippen molar-refractivity contribution in [3.63, 3.8) is 0 Å². The lowest BCUT2D eigenvalue weighted by Gasteiger charge is -2.31. The molecule has 1 aliphatic heterocycles. The van der Waals surface area contributed by atoms with Gasteiger partial charge in [0, 0.05) is 19.5 Å². The van der Waals surface area contributed by atoms with Gasteiger partial charge < -0.3 is 10.3 Å². The number of hydrogen-bond acceptors (Lipinski definition) is 3. The first-order valence-corrected chi connectivity index (χ1v) is 9.15. The van der Waals surface area contributed by atoms with Crippen LogP contribution >= 0.6 is 0 Å². The first-order chi connectivity index (χ1) is 12.6. The van der Waals surface area contributed by atoms with E-state index < -0.39 is 5.91 Å². The minimum atomic E-state index is -0.419. The van der Waals surface area contributed by atoms with E-state index in [1.54, 1.807) is 6.07 Å². The molecule has 2 heterocycles. The standard InChI is InChI=1S/C21H24N4O/c1-24-18-9-5-8-17(20(22)26)19(18)23-21(24)16-10-12-25(13-11-16)14-15-6-3-2-4-7-15/h2-9,16H,10-14H2,1H3,(H2,22,26). The highest BCUT2D eigenvalue weighted by atomic mass is 16.1. The number of rotatable bonds is 4. The van der Waals surface area contributed by atoms with Crippen LogP contribution < -0.4 is 5.73 Å². The molecule has 1 fully saturated rings. The van der Waals surface area contributed by atoms with Crippen molar-refractivity contribution < 1.29 is 4.79 Å². The van der Waals surface area contributed by atoms with Crippen LogP contribution in [0.1, 0.15) is 40.5 Å². The summed E-state index contributed by atoms with van der Waals surface area (Å²) in [6.45, 7) is 3.12. The van der Waals surface area contributed by atoms with Crippen molar-refractivity contribution in [2.75, 3.05) is 13.1 Å². The summed E-state index contributed by atoms with van der Waals surface area (Å²) >= 11 is 0. The lowest BCUT2D eigenvalue weighted by atomic mass is 9.95. The van der Waals surface area contributed by atoms with Crippen molar-refractivity contribution in [1.29, 1.82) is 0 Å². The Hall–Kier alpha value is -2.66. The van der Waals surface area contributed by atoms with Gasteiger partial charge in [-0.1, -0.05) is 36.4 Å².